The number of fused-ring (bicyclic) bond motifs is 1. The molecule has 4 rings (SSSR count). The van der Waals surface area contributed by atoms with E-state index < -0.39 is 16.0 Å². The molecule has 0 spiro atoms. The molecule has 0 saturated heterocycles. The van der Waals surface area contributed by atoms with Gasteiger partial charge in [0, 0.05) is 11.1 Å². The van der Waals surface area contributed by atoms with Crippen molar-refractivity contribution in [1.29, 1.82) is 0 Å². The number of pyridine rings is 1. The number of nitrogens with two attached hydrogens (primary N) is 1. The highest BCUT2D eigenvalue weighted by molar-refractivity contribution is 7.85. The molecule has 1 amide bonds. The summed E-state index contributed by atoms with van der Waals surface area (Å²) in [5.74, 6) is -0.200. The molecule has 0 aliphatic heterocycles. The van der Waals surface area contributed by atoms with Gasteiger partial charge in [0.15, 0.2) is 0 Å². The summed E-state index contributed by atoms with van der Waals surface area (Å²) < 4.78 is 35.0. The zero-order valence-corrected chi connectivity index (χ0v) is 20.5. The average molecular weight is 521 g/mol. The molecule has 4 aromatic rings. The zero-order valence-electron chi connectivity index (χ0n) is 18.1. The first kappa shape index (κ1) is 24.1. The number of hydrogen-bond acceptors (Lipinski definition) is 8. The SMILES string of the molecule is CS(=O)(=O)OCc1cc2c(cn1)ncn2-c1cc(OCCCc2ccccc2Cl)c(C(N)=O)s1. The maximum absolute atomic E-state index is 12.0. The van der Waals surface area contributed by atoms with Crippen molar-refractivity contribution in [2.24, 2.45) is 5.73 Å². The highest BCUT2D eigenvalue weighted by Crippen LogP contribution is 2.33. The minimum Gasteiger partial charge on any atom is -0.492 e. The normalized spacial score (nSPS) is 11.7. The third-order valence-corrected chi connectivity index (χ3v) is 6.91. The molecule has 0 unspecified atom stereocenters. The standard InChI is InChI=1S/C22H21ClN4O5S2/c1-34(29,30)32-12-15-9-18-17(11-25-15)26-13-27(18)20-10-19(21(33-20)22(24)28)31-8-4-6-14-5-2-3-7-16(14)23/h2-3,5,7,9-11,13H,4,6,8,12H2,1H3,(H2,24,28). The van der Waals surface area contributed by atoms with Crippen LogP contribution < -0.4 is 10.5 Å². The summed E-state index contributed by atoms with van der Waals surface area (Å²) in [6.07, 6.45) is 5.53. The van der Waals surface area contributed by atoms with Crippen molar-refractivity contribution in [1.82, 2.24) is 14.5 Å². The molecule has 0 fully saturated rings. The summed E-state index contributed by atoms with van der Waals surface area (Å²) in [5, 5.41) is 1.37. The fraction of sp³-hybridized carbons (Fsp3) is 0.227. The van der Waals surface area contributed by atoms with Gasteiger partial charge in [0.2, 0.25) is 0 Å². The Morgan fingerprint density at radius 1 is 1.24 bits per heavy atom. The van der Waals surface area contributed by atoms with Gasteiger partial charge in [0.1, 0.15) is 34.1 Å². The van der Waals surface area contributed by atoms with Crippen molar-refractivity contribution in [2.75, 3.05) is 12.9 Å². The van der Waals surface area contributed by atoms with Crippen LogP contribution in [0.4, 0.5) is 0 Å². The molecule has 3 heterocycles. The van der Waals surface area contributed by atoms with E-state index in [1.165, 1.54) is 17.5 Å². The van der Waals surface area contributed by atoms with Crippen LogP contribution in [0.2, 0.25) is 5.02 Å². The molecule has 2 N–H and O–H groups in total. The first-order valence-electron chi connectivity index (χ1n) is 10.2. The highest BCUT2D eigenvalue weighted by atomic mass is 35.5. The van der Waals surface area contributed by atoms with Crippen LogP contribution in [0.25, 0.3) is 16.0 Å². The Morgan fingerprint density at radius 3 is 2.76 bits per heavy atom. The fourth-order valence-corrected chi connectivity index (χ4v) is 4.78. The molecule has 0 aliphatic rings. The number of nitrogens with zero attached hydrogens (tertiary/aromatic N) is 3. The molecule has 0 radical (unpaired) electrons. The molecular weight excluding hydrogens is 500 g/mol. The molecule has 0 saturated carbocycles. The van der Waals surface area contributed by atoms with Crippen LogP contribution in [0.1, 0.15) is 27.3 Å². The summed E-state index contributed by atoms with van der Waals surface area (Å²) in [6.45, 7) is 0.181. The molecule has 178 valence electrons. The predicted molar refractivity (Wildman–Crippen MR) is 130 cm³/mol. The lowest BCUT2D eigenvalue weighted by Gasteiger charge is -2.07. The number of amides is 1. The van der Waals surface area contributed by atoms with Gasteiger partial charge in [0.05, 0.1) is 30.3 Å². The maximum Gasteiger partial charge on any atom is 0.264 e. The second kappa shape index (κ2) is 10.1. The molecule has 0 atom stereocenters. The van der Waals surface area contributed by atoms with Crippen LogP contribution >= 0.6 is 22.9 Å². The van der Waals surface area contributed by atoms with Gasteiger partial charge in [-0.1, -0.05) is 29.8 Å². The predicted octanol–water partition coefficient (Wildman–Crippen LogP) is 3.72. The summed E-state index contributed by atoms with van der Waals surface area (Å²) in [7, 11) is -3.60. The summed E-state index contributed by atoms with van der Waals surface area (Å²) in [4.78, 5) is 20.8. The first-order chi connectivity index (χ1) is 16.2. The third kappa shape index (κ3) is 5.73. The van der Waals surface area contributed by atoms with E-state index in [0.717, 1.165) is 18.2 Å². The van der Waals surface area contributed by atoms with Gasteiger partial charge >= 0.3 is 0 Å². The molecule has 0 aliphatic carbocycles. The average Bonchev–Trinajstić information content (AvgIpc) is 3.39. The highest BCUT2D eigenvalue weighted by Gasteiger charge is 2.18. The van der Waals surface area contributed by atoms with Crippen molar-refractivity contribution in [3.05, 3.63) is 70.1 Å². The first-order valence-corrected chi connectivity index (χ1v) is 13.2. The Balaban J connectivity index is 1.53. The number of hydrogen-bond donors (Lipinski definition) is 1. The van der Waals surface area contributed by atoms with Crippen LogP contribution in [0.15, 0.2) is 48.9 Å². The Labute approximate surface area is 205 Å². The maximum atomic E-state index is 12.0. The Morgan fingerprint density at radius 2 is 2.03 bits per heavy atom. The summed E-state index contributed by atoms with van der Waals surface area (Å²) in [6, 6.07) is 11.0. The van der Waals surface area contributed by atoms with Crippen molar-refractivity contribution in [3.63, 3.8) is 0 Å². The van der Waals surface area contributed by atoms with Gasteiger partial charge in [-0.05, 0) is 30.5 Å². The van der Waals surface area contributed by atoms with Gasteiger partial charge in [-0.25, -0.2) is 4.98 Å². The van der Waals surface area contributed by atoms with E-state index in [0.29, 0.717) is 50.4 Å². The molecule has 0 bridgehead atoms. The molecule has 9 nitrogen and oxygen atoms in total. The number of aryl methyl sites for hydroxylation is 1. The molecule has 34 heavy (non-hydrogen) atoms. The monoisotopic (exact) mass is 520 g/mol. The van der Waals surface area contributed by atoms with Gasteiger partial charge in [0.25, 0.3) is 16.0 Å². The Bertz CT molecular complexity index is 1450. The van der Waals surface area contributed by atoms with Crippen molar-refractivity contribution in [3.8, 4) is 10.8 Å². The molecule has 1 aromatic carbocycles. The number of benzene rings is 1. The lowest BCUT2D eigenvalue weighted by Crippen LogP contribution is -2.11. The fourth-order valence-electron chi connectivity index (χ4n) is 3.28. The van der Waals surface area contributed by atoms with Crippen LogP contribution in [0.3, 0.4) is 0 Å². The zero-order chi connectivity index (χ0) is 24.3. The molecule has 3 aromatic heterocycles. The van der Waals surface area contributed by atoms with Crippen LogP contribution in [-0.2, 0) is 27.3 Å². The van der Waals surface area contributed by atoms with E-state index >= 15 is 0 Å². The Kier molecular flexibility index (Phi) is 7.17. The lowest BCUT2D eigenvalue weighted by atomic mass is 10.1. The Hall–Kier alpha value is -2.99. The van der Waals surface area contributed by atoms with E-state index in [1.807, 2.05) is 24.3 Å². The summed E-state index contributed by atoms with van der Waals surface area (Å²) in [5.41, 5.74) is 8.30. The van der Waals surface area contributed by atoms with E-state index in [-0.39, 0.29) is 6.61 Å². The summed E-state index contributed by atoms with van der Waals surface area (Å²) >= 11 is 7.37. The number of carbonyl (C=O) groups excluding carboxylic acids is 1. The second-order valence-corrected chi connectivity index (χ2v) is 10.5. The molecular formula is C22H21ClN4O5S2. The molecule has 12 heteroatoms. The van der Waals surface area contributed by atoms with Crippen molar-refractivity contribution < 1.29 is 22.1 Å². The minimum absolute atomic E-state index is 0.198. The van der Waals surface area contributed by atoms with Gasteiger partial charge in [-0.15, -0.1) is 11.3 Å². The number of ether oxygens (including phenoxy) is 1. The quantitative estimate of drug-likeness (QED) is 0.249. The lowest BCUT2D eigenvalue weighted by molar-refractivity contribution is 0.100. The van der Waals surface area contributed by atoms with Crippen LogP contribution in [0, 0.1) is 0 Å². The number of aromatic nitrogens is 3. The number of carbonyl (C=O) groups is 1. The number of halogens is 1. The second-order valence-electron chi connectivity index (χ2n) is 7.43. The van der Waals surface area contributed by atoms with E-state index in [1.54, 1.807) is 23.0 Å². The number of thiophene rings is 1. The smallest absolute Gasteiger partial charge is 0.264 e. The van der Waals surface area contributed by atoms with Crippen molar-refractivity contribution >= 4 is 50.0 Å². The topological polar surface area (TPSA) is 126 Å². The van der Waals surface area contributed by atoms with Gasteiger partial charge in [-0.2, -0.15) is 8.42 Å². The third-order valence-electron chi connectivity index (χ3n) is 4.86. The van der Waals surface area contributed by atoms with E-state index in [4.69, 9.17) is 26.3 Å². The van der Waals surface area contributed by atoms with E-state index in [2.05, 4.69) is 9.97 Å². The largest absolute Gasteiger partial charge is 0.492 e. The van der Waals surface area contributed by atoms with E-state index in [9.17, 15) is 13.2 Å². The van der Waals surface area contributed by atoms with Crippen molar-refractivity contribution in [2.45, 2.75) is 19.4 Å². The van der Waals surface area contributed by atoms with Gasteiger partial charge in [-0.3, -0.25) is 18.5 Å². The minimum atomic E-state index is -3.60. The van der Waals surface area contributed by atoms with Gasteiger partial charge < -0.3 is 10.5 Å². The van der Waals surface area contributed by atoms with Crippen LogP contribution in [0.5, 0.6) is 5.75 Å². The number of rotatable bonds is 10. The number of primary amides is 1. The number of imidazole rings is 1. The van der Waals surface area contributed by atoms with Crippen LogP contribution in [-0.4, -0.2) is 41.7 Å².